The molecule has 1 saturated carbocycles. The first-order valence-corrected chi connectivity index (χ1v) is 16.1. The van der Waals surface area contributed by atoms with Crippen LogP contribution in [-0.2, 0) is 33.3 Å². The van der Waals surface area contributed by atoms with E-state index < -0.39 is 15.2 Å². The van der Waals surface area contributed by atoms with Gasteiger partial charge in [0.1, 0.15) is 11.6 Å². The van der Waals surface area contributed by atoms with Gasteiger partial charge < -0.3 is 42.5 Å². The zero-order chi connectivity index (χ0) is 25.6. The van der Waals surface area contributed by atoms with Crippen molar-refractivity contribution in [3.63, 3.8) is 0 Å². The molecule has 15 heteroatoms. The number of thiazole rings is 1. The Labute approximate surface area is 221 Å². The molecule has 1 fully saturated rings. The molecule has 2 bridgehead atoms. The Bertz CT molecular complexity index is 1080. The minimum absolute atomic E-state index is 0. The largest absolute Gasteiger partial charge is 1.00 e. The fraction of sp³-hybridized carbons (Fsp3) is 0.667. The van der Waals surface area contributed by atoms with Crippen molar-refractivity contribution in [3.05, 3.63) is 33.2 Å². The summed E-state index contributed by atoms with van der Waals surface area (Å²) in [4.78, 5) is 43.9. The topological polar surface area (TPSA) is 180 Å². The third-order valence-electron chi connectivity index (χ3n) is 5.76. The van der Waals surface area contributed by atoms with Crippen LogP contribution >= 0.6 is 26.5 Å². The van der Waals surface area contributed by atoms with Gasteiger partial charge in [0, 0.05) is 30.9 Å². The molecule has 0 aromatic carbocycles. The third kappa shape index (κ3) is 10.4. The molecular weight excluding hydrogens is 550 g/mol. The summed E-state index contributed by atoms with van der Waals surface area (Å²) in [6, 6.07) is 0. The lowest BCUT2D eigenvalue weighted by atomic mass is 10.2. The van der Waals surface area contributed by atoms with Crippen LogP contribution in [0.15, 0.2) is 6.20 Å². The Kier molecular flexibility index (Phi) is 11.9. The van der Waals surface area contributed by atoms with Gasteiger partial charge in [0.25, 0.3) is 0 Å². The standard InChI is InChI=1S/C16H21N4OS.C5H14O6P2.ClH/c1-10-18-8-12(16(17)19-10)9-20-14-5-7-21-6-4-13(22-14)15(20)11-2-3-11;6-12(7,8)4-2-1-3-5-13(9,10)11;/h8,11H,2-7,9H2,1H3,(H2,17,18,19);1-5H2,(H2,6,7,8)(H2,9,10,11);1H/q+1;;/p-1. The highest BCUT2D eigenvalue weighted by atomic mass is 35.5. The molecule has 36 heavy (non-hydrogen) atoms. The molecular formula is C21H35ClN4O7P2S. The Morgan fingerprint density at radius 1 is 1.08 bits per heavy atom. The van der Waals surface area contributed by atoms with Crippen molar-refractivity contribution in [2.45, 2.75) is 64.3 Å². The molecule has 6 N–H and O–H groups in total. The molecule has 0 atom stereocenters. The summed E-state index contributed by atoms with van der Waals surface area (Å²) in [7, 11) is -7.88. The summed E-state index contributed by atoms with van der Waals surface area (Å²) in [6.07, 6.45) is 7.10. The van der Waals surface area contributed by atoms with Crippen molar-refractivity contribution in [2.75, 3.05) is 31.3 Å². The molecule has 0 saturated heterocycles. The van der Waals surface area contributed by atoms with Gasteiger partial charge in [0.15, 0.2) is 12.2 Å². The molecule has 1 aliphatic carbocycles. The van der Waals surface area contributed by atoms with E-state index in [2.05, 4.69) is 14.5 Å². The van der Waals surface area contributed by atoms with E-state index in [1.54, 1.807) is 0 Å². The molecule has 1 aliphatic heterocycles. The van der Waals surface area contributed by atoms with E-state index in [1.807, 2.05) is 24.5 Å². The van der Waals surface area contributed by atoms with Crippen molar-refractivity contribution in [2.24, 2.45) is 0 Å². The predicted molar refractivity (Wildman–Crippen MR) is 133 cm³/mol. The number of rotatable bonds is 9. The maximum atomic E-state index is 10.3. The molecule has 4 rings (SSSR count). The smallest absolute Gasteiger partial charge is 0.325 e. The average molecular weight is 585 g/mol. The first-order valence-electron chi connectivity index (χ1n) is 11.7. The highest BCUT2D eigenvalue weighted by Crippen LogP contribution is 2.42. The van der Waals surface area contributed by atoms with E-state index in [0.717, 1.165) is 49.9 Å². The molecule has 204 valence electrons. The highest BCUT2D eigenvalue weighted by Gasteiger charge is 2.39. The van der Waals surface area contributed by atoms with Crippen LogP contribution in [0, 0.1) is 6.92 Å². The van der Waals surface area contributed by atoms with E-state index in [1.165, 1.54) is 28.4 Å². The molecule has 2 aromatic rings. The molecule has 0 amide bonds. The van der Waals surface area contributed by atoms with Gasteiger partial charge in [-0.25, -0.2) is 9.97 Å². The number of aryl methyl sites for hydroxylation is 1. The lowest BCUT2D eigenvalue weighted by molar-refractivity contribution is -0.698. The molecule has 11 nitrogen and oxygen atoms in total. The average Bonchev–Trinajstić information content (AvgIpc) is 3.48. The van der Waals surface area contributed by atoms with Gasteiger partial charge in [-0.3, -0.25) is 9.13 Å². The number of halogens is 1. The van der Waals surface area contributed by atoms with Crippen LogP contribution in [0.4, 0.5) is 5.82 Å². The van der Waals surface area contributed by atoms with Gasteiger partial charge in [-0.2, -0.15) is 4.57 Å². The van der Waals surface area contributed by atoms with Crippen LogP contribution in [-0.4, -0.2) is 55.1 Å². The van der Waals surface area contributed by atoms with Gasteiger partial charge in [0.05, 0.1) is 30.1 Å². The third-order valence-corrected chi connectivity index (χ3v) is 8.88. The van der Waals surface area contributed by atoms with Crippen LogP contribution < -0.4 is 22.7 Å². The second-order valence-corrected chi connectivity index (χ2v) is 13.7. The number of aromatic nitrogens is 3. The zero-order valence-electron chi connectivity index (χ0n) is 20.3. The minimum atomic E-state index is -3.94. The van der Waals surface area contributed by atoms with Crippen LogP contribution in [0.3, 0.4) is 0 Å². The number of nitrogens with two attached hydrogens (primary N) is 1. The van der Waals surface area contributed by atoms with Gasteiger partial charge in [-0.15, -0.1) is 0 Å². The molecule has 2 aliphatic rings. The minimum Gasteiger partial charge on any atom is -1.00 e. The fourth-order valence-electron chi connectivity index (χ4n) is 3.92. The summed E-state index contributed by atoms with van der Waals surface area (Å²) in [5.74, 6) is 2.06. The van der Waals surface area contributed by atoms with Crippen LogP contribution in [0.25, 0.3) is 0 Å². The van der Waals surface area contributed by atoms with Crippen LogP contribution in [0.2, 0.25) is 0 Å². The number of hydrogen-bond acceptors (Lipinski definition) is 7. The summed E-state index contributed by atoms with van der Waals surface area (Å²) in [6.45, 7) is 4.31. The number of unbranched alkanes of at least 4 members (excludes halogenated alkanes) is 2. The van der Waals surface area contributed by atoms with E-state index in [0.29, 0.717) is 25.1 Å². The normalized spacial score (nSPS) is 15.8. The SMILES string of the molecule is Cc1ncc(C[n+]2c3sc(c2C2CC2)CCOCC3)c(N)n1.O=P(O)(O)CCCCCP(=O)(O)O.[Cl-]. The maximum absolute atomic E-state index is 10.3. The Morgan fingerprint density at radius 3 is 2.25 bits per heavy atom. The van der Waals surface area contributed by atoms with Crippen molar-refractivity contribution < 1.29 is 50.4 Å². The molecule has 0 unspecified atom stereocenters. The van der Waals surface area contributed by atoms with Gasteiger partial charge in [-0.05, 0) is 32.6 Å². The van der Waals surface area contributed by atoms with Gasteiger partial charge in [-0.1, -0.05) is 17.8 Å². The zero-order valence-corrected chi connectivity index (χ0v) is 23.6. The summed E-state index contributed by atoms with van der Waals surface area (Å²) >= 11 is 1.96. The van der Waals surface area contributed by atoms with Crippen molar-refractivity contribution in [3.8, 4) is 0 Å². The van der Waals surface area contributed by atoms with Crippen molar-refractivity contribution >= 4 is 32.3 Å². The molecule has 3 heterocycles. The number of anilines is 1. The van der Waals surface area contributed by atoms with Crippen LogP contribution in [0.1, 0.15) is 65.0 Å². The lowest BCUT2D eigenvalue weighted by Crippen LogP contribution is -3.00. The Hall–Kier alpha value is -0.940. The van der Waals surface area contributed by atoms with Crippen LogP contribution in [0.5, 0.6) is 0 Å². The van der Waals surface area contributed by atoms with E-state index in [4.69, 9.17) is 30.0 Å². The quantitative estimate of drug-likeness (QED) is 0.143. The Balaban J connectivity index is 0.000000285. The summed E-state index contributed by atoms with van der Waals surface area (Å²) in [5.41, 5.74) is 8.64. The highest BCUT2D eigenvalue weighted by molar-refractivity contribution is 7.52. The number of ether oxygens (including phenoxy) is 1. The van der Waals surface area contributed by atoms with Crippen molar-refractivity contribution in [1.82, 2.24) is 9.97 Å². The number of nitrogens with zero attached hydrogens (tertiary/aromatic N) is 3. The summed E-state index contributed by atoms with van der Waals surface area (Å²) in [5, 5.41) is 1.40. The first-order chi connectivity index (χ1) is 16.4. The molecule has 2 aromatic heterocycles. The van der Waals surface area contributed by atoms with E-state index in [-0.39, 0.29) is 24.7 Å². The maximum Gasteiger partial charge on any atom is 0.325 e. The number of hydrogen-bond donors (Lipinski definition) is 5. The summed E-state index contributed by atoms with van der Waals surface area (Å²) < 4.78 is 28.8. The van der Waals surface area contributed by atoms with E-state index >= 15 is 0 Å². The molecule has 0 radical (unpaired) electrons. The van der Waals surface area contributed by atoms with E-state index in [9.17, 15) is 9.13 Å². The fourth-order valence-corrected chi connectivity index (χ4v) is 6.50. The monoisotopic (exact) mass is 584 g/mol. The van der Waals surface area contributed by atoms with Gasteiger partial charge in [0.2, 0.25) is 5.01 Å². The second kappa shape index (κ2) is 13.7. The number of fused-ring (bicyclic) bond motifs is 2. The number of nitrogen functional groups attached to an aromatic ring is 1. The second-order valence-electron chi connectivity index (χ2n) is 8.94. The van der Waals surface area contributed by atoms with Gasteiger partial charge >= 0.3 is 15.2 Å². The predicted octanol–water partition coefficient (Wildman–Crippen LogP) is -0.727. The Morgan fingerprint density at radius 2 is 1.69 bits per heavy atom. The first kappa shape index (κ1) is 31.3. The lowest BCUT2D eigenvalue weighted by Gasteiger charge is -2.05. The molecule has 0 spiro atoms. The van der Waals surface area contributed by atoms with Crippen molar-refractivity contribution in [1.29, 1.82) is 0 Å².